The monoisotopic (exact) mass is 359 g/mol. The van der Waals surface area contributed by atoms with Crippen LogP contribution in [0.3, 0.4) is 0 Å². The van der Waals surface area contributed by atoms with Crippen molar-refractivity contribution in [3.8, 4) is 0 Å². The van der Waals surface area contributed by atoms with Crippen LogP contribution in [0.2, 0.25) is 5.02 Å². The number of carbonyl (C=O) groups excluding carboxylic acids is 1. The quantitative estimate of drug-likeness (QED) is 0.697. The molecule has 1 fully saturated rings. The number of hydrogen-bond donors (Lipinski definition) is 1. The molecule has 0 radical (unpaired) electrons. The van der Waals surface area contributed by atoms with Gasteiger partial charge in [-0.05, 0) is 24.3 Å². The van der Waals surface area contributed by atoms with E-state index >= 15 is 0 Å². The molecule has 9 heteroatoms. The molecule has 1 N–H and O–H groups in total. The van der Waals surface area contributed by atoms with E-state index in [2.05, 4.69) is 15.2 Å². The molecule has 1 aliphatic heterocycles. The van der Waals surface area contributed by atoms with E-state index in [0.717, 1.165) is 0 Å². The summed E-state index contributed by atoms with van der Waals surface area (Å²) in [5, 5.41) is 7.76. The number of anilines is 1. The SMILES string of the molecule is O=C(c1cc2cc(Cl)ccc2oc1=O)N1CCN(c2ncn[nH]2)CC1. The van der Waals surface area contributed by atoms with Crippen molar-refractivity contribution in [3.05, 3.63) is 51.6 Å². The number of rotatable bonds is 2. The van der Waals surface area contributed by atoms with Gasteiger partial charge in [0.25, 0.3) is 5.91 Å². The molecule has 3 aromatic rings. The molecule has 128 valence electrons. The van der Waals surface area contributed by atoms with Crippen molar-refractivity contribution in [2.75, 3.05) is 31.1 Å². The number of piperazine rings is 1. The Kier molecular flexibility index (Phi) is 3.89. The minimum absolute atomic E-state index is 0.0166. The Balaban J connectivity index is 1.56. The summed E-state index contributed by atoms with van der Waals surface area (Å²) in [6.07, 6.45) is 1.44. The third-order valence-corrected chi connectivity index (χ3v) is 4.43. The Morgan fingerprint density at radius 3 is 2.72 bits per heavy atom. The van der Waals surface area contributed by atoms with E-state index in [0.29, 0.717) is 48.1 Å². The topological polar surface area (TPSA) is 95.3 Å². The maximum atomic E-state index is 12.7. The van der Waals surface area contributed by atoms with E-state index in [1.165, 1.54) is 12.4 Å². The second-order valence-electron chi connectivity index (χ2n) is 5.72. The lowest BCUT2D eigenvalue weighted by Gasteiger charge is -2.34. The second kappa shape index (κ2) is 6.21. The Labute approximate surface area is 147 Å². The molecular weight excluding hydrogens is 346 g/mol. The first-order chi connectivity index (χ1) is 12.1. The molecule has 0 atom stereocenters. The minimum Gasteiger partial charge on any atom is -0.422 e. The highest BCUT2D eigenvalue weighted by Crippen LogP contribution is 2.20. The largest absolute Gasteiger partial charge is 0.422 e. The molecule has 1 aromatic carbocycles. The number of nitrogens with zero attached hydrogens (tertiary/aromatic N) is 4. The van der Waals surface area contributed by atoms with Crippen LogP contribution in [-0.2, 0) is 0 Å². The number of fused-ring (bicyclic) bond motifs is 1. The standard InChI is InChI=1S/C16H14ClN5O3/c17-11-1-2-13-10(7-11)8-12(15(24)25-13)14(23)21-3-5-22(6-4-21)16-18-9-19-20-16/h1-2,7-9H,3-6H2,(H,18,19,20). The number of H-pyrrole nitrogens is 1. The Morgan fingerprint density at radius 1 is 1.20 bits per heavy atom. The number of halogens is 1. The first kappa shape index (κ1) is 15.6. The van der Waals surface area contributed by atoms with Gasteiger partial charge in [-0.15, -0.1) is 0 Å². The highest BCUT2D eigenvalue weighted by atomic mass is 35.5. The van der Waals surface area contributed by atoms with E-state index in [1.807, 2.05) is 4.90 Å². The lowest BCUT2D eigenvalue weighted by molar-refractivity contribution is 0.0742. The molecule has 4 rings (SSSR count). The summed E-state index contributed by atoms with van der Waals surface area (Å²) in [4.78, 5) is 32.6. The molecule has 2 aromatic heterocycles. The van der Waals surface area contributed by atoms with Crippen molar-refractivity contribution < 1.29 is 9.21 Å². The third kappa shape index (κ3) is 2.96. The van der Waals surface area contributed by atoms with Crippen LogP contribution in [0, 0.1) is 0 Å². The van der Waals surface area contributed by atoms with Gasteiger partial charge in [-0.3, -0.25) is 4.79 Å². The fourth-order valence-corrected chi connectivity index (χ4v) is 3.07. The van der Waals surface area contributed by atoms with Crippen molar-refractivity contribution in [1.29, 1.82) is 0 Å². The molecule has 25 heavy (non-hydrogen) atoms. The molecule has 0 unspecified atom stereocenters. The number of aromatic amines is 1. The Bertz CT molecular complexity index is 977. The van der Waals surface area contributed by atoms with Crippen LogP contribution in [0.15, 0.2) is 39.8 Å². The summed E-state index contributed by atoms with van der Waals surface area (Å²) in [5.74, 6) is 0.333. The third-order valence-electron chi connectivity index (χ3n) is 4.19. The van der Waals surface area contributed by atoms with E-state index < -0.39 is 5.63 Å². The van der Waals surface area contributed by atoms with E-state index in [4.69, 9.17) is 16.0 Å². The summed E-state index contributed by atoms with van der Waals surface area (Å²) in [6.45, 7) is 2.16. The summed E-state index contributed by atoms with van der Waals surface area (Å²) in [7, 11) is 0. The number of hydrogen-bond acceptors (Lipinski definition) is 6. The number of nitrogens with one attached hydrogen (secondary N) is 1. The molecule has 0 saturated carbocycles. The zero-order valence-corrected chi connectivity index (χ0v) is 13.9. The number of amides is 1. The molecule has 1 amide bonds. The minimum atomic E-state index is -0.641. The normalized spacial score (nSPS) is 14.9. The van der Waals surface area contributed by atoms with E-state index in [9.17, 15) is 9.59 Å². The van der Waals surface area contributed by atoms with Crippen molar-refractivity contribution >= 4 is 34.4 Å². The van der Waals surface area contributed by atoms with Crippen LogP contribution in [-0.4, -0.2) is 52.2 Å². The van der Waals surface area contributed by atoms with Gasteiger partial charge in [-0.2, -0.15) is 10.1 Å². The van der Waals surface area contributed by atoms with Crippen LogP contribution in [0.25, 0.3) is 11.0 Å². The maximum Gasteiger partial charge on any atom is 0.349 e. The number of carbonyl (C=O) groups is 1. The van der Waals surface area contributed by atoms with Crippen molar-refractivity contribution in [3.63, 3.8) is 0 Å². The van der Waals surface area contributed by atoms with Crippen molar-refractivity contribution in [2.24, 2.45) is 0 Å². The molecular formula is C16H14ClN5O3. The second-order valence-corrected chi connectivity index (χ2v) is 6.15. The molecule has 0 spiro atoms. The fraction of sp³-hybridized carbons (Fsp3) is 0.250. The highest BCUT2D eigenvalue weighted by molar-refractivity contribution is 6.31. The summed E-state index contributed by atoms with van der Waals surface area (Å²) >= 11 is 5.97. The summed E-state index contributed by atoms with van der Waals surface area (Å²) < 4.78 is 5.24. The van der Waals surface area contributed by atoms with Gasteiger partial charge in [-0.25, -0.2) is 9.89 Å². The molecule has 3 heterocycles. The van der Waals surface area contributed by atoms with Gasteiger partial charge < -0.3 is 14.2 Å². The molecule has 1 saturated heterocycles. The number of benzene rings is 1. The maximum absolute atomic E-state index is 12.7. The molecule has 1 aliphatic rings. The van der Waals surface area contributed by atoms with Crippen LogP contribution in [0.4, 0.5) is 5.95 Å². The fourth-order valence-electron chi connectivity index (χ4n) is 2.89. The Morgan fingerprint density at radius 2 is 2.00 bits per heavy atom. The zero-order valence-electron chi connectivity index (χ0n) is 13.1. The van der Waals surface area contributed by atoms with Crippen LogP contribution in [0.1, 0.15) is 10.4 Å². The van der Waals surface area contributed by atoms with Gasteiger partial charge in [-0.1, -0.05) is 11.6 Å². The smallest absolute Gasteiger partial charge is 0.349 e. The van der Waals surface area contributed by atoms with Gasteiger partial charge in [0.05, 0.1) is 0 Å². The van der Waals surface area contributed by atoms with Gasteiger partial charge in [0, 0.05) is 36.6 Å². The first-order valence-electron chi connectivity index (χ1n) is 7.75. The predicted molar refractivity (Wildman–Crippen MR) is 92.0 cm³/mol. The Hall–Kier alpha value is -2.87. The van der Waals surface area contributed by atoms with Crippen LogP contribution < -0.4 is 10.5 Å². The first-order valence-corrected chi connectivity index (χ1v) is 8.12. The lowest BCUT2D eigenvalue weighted by Crippen LogP contribution is -2.49. The highest BCUT2D eigenvalue weighted by Gasteiger charge is 2.25. The van der Waals surface area contributed by atoms with Gasteiger partial charge in [0.15, 0.2) is 0 Å². The van der Waals surface area contributed by atoms with Crippen LogP contribution in [0.5, 0.6) is 0 Å². The summed E-state index contributed by atoms with van der Waals surface area (Å²) in [5.41, 5.74) is -0.221. The lowest BCUT2D eigenvalue weighted by atomic mass is 10.1. The van der Waals surface area contributed by atoms with Crippen LogP contribution >= 0.6 is 11.6 Å². The number of aromatic nitrogens is 3. The zero-order chi connectivity index (χ0) is 17.4. The van der Waals surface area contributed by atoms with Gasteiger partial charge in [0.2, 0.25) is 5.95 Å². The van der Waals surface area contributed by atoms with E-state index in [-0.39, 0.29) is 11.5 Å². The summed E-state index contributed by atoms with van der Waals surface area (Å²) in [6, 6.07) is 6.46. The molecule has 0 bridgehead atoms. The molecule has 0 aliphatic carbocycles. The van der Waals surface area contributed by atoms with Crippen molar-refractivity contribution in [1.82, 2.24) is 20.1 Å². The van der Waals surface area contributed by atoms with Gasteiger partial charge in [0.1, 0.15) is 17.5 Å². The average Bonchev–Trinajstić information content (AvgIpc) is 3.16. The van der Waals surface area contributed by atoms with Crippen molar-refractivity contribution in [2.45, 2.75) is 0 Å². The molecule has 8 nitrogen and oxygen atoms in total. The predicted octanol–water partition coefficient (Wildman–Crippen LogP) is 1.53. The van der Waals surface area contributed by atoms with Gasteiger partial charge >= 0.3 is 5.63 Å². The van der Waals surface area contributed by atoms with E-state index in [1.54, 1.807) is 23.1 Å². The average molecular weight is 360 g/mol.